The number of hydrogen-bond acceptors (Lipinski definition) is 4. The Morgan fingerprint density at radius 3 is 2.39 bits per heavy atom. The molecular weight excluding hydrogens is 434 g/mol. The number of nitrogens with one attached hydrogen (secondary N) is 1. The van der Waals surface area contributed by atoms with Gasteiger partial charge in [-0.2, -0.15) is 0 Å². The first-order valence-electron chi connectivity index (χ1n) is 11.8. The van der Waals surface area contributed by atoms with Crippen molar-refractivity contribution in [1.29, 1.82) is 0 Å². The number of amides is 3. The molecule has 2 heterocycles. The van der Waals surface area contributed by atoms with Crippen LogP contribution in [-0.4, -0.2) is 54.6 Å². The molecule has 0 saturated carbocycles. The molecule has 0 unspecified atom stereocenters. The second-order valence-corrected chi connectivity index (χ2v) is 9.53. The first-order valence-corrected chi connectivity index (χ1v) is 12.8. The van der Waals surface area contributed by atoms with Gasteiger partial charge in [0.25, 0.3) is 5.91 Å². The third-order valence-electron chi connectivity index (χ3n) is 6.25. The van der Waals surface area contributed by atoms with Crippen molar-refractivity contribution in [2.24, 2.45) is 0 Å². The normalized spacial score (nSPS) is 15.6. The molecule has 2 aromatic rings. The highest BCUT2D eigenvalue weighted by Gasteiger charge is 2.24. The molecule has 3 amide bonds. The highest BCUT2D eigenvalue weighted by Crippen LogP contribution is 2.29. The Morgan fingerprint density at radius 2 is 1.58 bits per heavy atom. The van der Waals surface area contributed by atoms with Crippen LogP contribution in [0.25, 0.3) is 0 Å². The van der Waals surface area contributed by atoms with Gasteiger partial charge in [0.05, 0.1) is 11.3 Å². The van der Waals surface area contributed by atoms with Crippen molar-refractivity contribution in [1.82, 2.24) is 10.2 Å². The average Bonchev–Trinajstić information content (AvgIpc) is 3.08. The van der Waals surface area contributed by atoms with E-state index < -0.39 is 0 Å². The summed E-state index contributed by atoms with van der Waals surface area (Å²) in [5.41, 5.74) is 2.73. The molecule has 2 aliphatic rings. The molecule has 4 rings (SSSR count). The number of carbonyl (C=O) groups is 3. The van der Waals surface area contributed by atoms with Crippen LogP contribution in [0.5, 0.6) is 0 Å². The van der Waals surface area contributed by atoms with E-state index in [1.165, 1.54) is 30.2 Å². The van der Waals surface area contributed by atoms with Crippen LogP contribution >= 0.6 is 11.8 Å². The SMILES string of the molecule is O=C(NCCC(=O)N1CCCCCC1)c1ccccc1SCC(=O)N1CCc2ccccc21. The number of likely N-dealkylation sites (tertiary alicyclic amines) is 1. The number of carbonyl (C=O) groups excluding carboxylic acids is 3. The molecule has 0 radical (unpaired) electrons. The van der Waals surface area contributed by atoms with Crippen LogP contribution in [-0.2, 0) is 16.0 Å². The summed E-state index contributed by atoms with van der Waals surface area (Å²) in [6.45, 7) is 2.66. The molecule has 7 heteroatoms. The Morgan fingerprint density at radius 1 is 0.848 bits per heavy atom. The van der Waals surface area contributed by atoms with Crippen molar-refractivity contribution in [2.75, 3.05) is 36.8 Å². The molecule has 1 fully saturated rings. The van der Waals surface area contributed by atoms with E-state index in [-0.39, 0.29) is 23.5 Å². The summed E-state index contributed by atoms with van der Waals surface area (Å²) < 4.78 is 0. The number of rotatable bonds is 7. The minimum atomic E-state index is -0.208. The maximum atomic E-state index is 12.8. The van der Waals surface area contributed by atoms with Crippen molar-refractivity contribution < 1.29 is 14.4 Å². The van der Waals surface area contributed by atoms with Crippen molar-refractivity contribution in [2.45, 2.75) is 43.4 Å². The lowest BCUT2D eigenvalue weighted by Crippen LogP contribution is -2.35. The summed E-state index contributed by atoms with van der Waals surface area (Å²) in [7, 11) is 0. The second kappa shape index (κ2) is 11.4. The van der Waals surface area contributed by atoms with Crippen LogP contribution < -0.4 is 10.2 Å². The van der Waals surface area contributed by atoms with E-state index >= 15 is 0 Å². The molecule has 2 aromatic carbocycles. The minimum Gasteiger partial charge on any atom is -0.351 e. The Balaban J connectivity index is 1.29. The number of fused-ring (bicyclic) bond motifs is 1. The van der Waals surface area contributed by atoms with Crippen LogP contribution in [0, 0.1) is 0 Å². The Kier molecular flexibility index (Phi) is 8.05. The third kappa shape index (κ3) is 5.96. The maximum Gasteiger partial charge on any atom is 0.252 e. The molecule has 1 N–H and O–H groups in total. The molecule has 33 heavy (non-hydrogen) atoms. The summed E-state index contributed by atoms with van der Waals surface area (Å²) >= 11 is 1.38. The van der Waals surface area contributed by atoms with E-state index in [2.05, 4.69) is 11.4 Å². The van der Waals surface area contributed by atoms with Gasteiger partial charge in [-0.25, -0.2) is 0 Å². The van der Waals surface area contributed by atoms with Crippen LogP contribution in [0.2, 0.25) is 0 Å². The standard InChI is InChI=1S/C26H31N3O3S/c30-24(28-16-7-1-2-8-17-28)13-15-27-26(32)21-10-4-6-12-23(21)33-19-25(31)29-18-14-20-9-3-5-11-22(20)29/h3-6,9-12H,1-2,7-8,13-19H2,(H,27,32). The molecule has 0 spiro atoms. The molecule has 6 nitrogen and oxygen atoms in total. The van der Waals surface area contributed by atoms with Crippen LogP contribution in [0.3, 0.4) is 0 Å². The first kappa shape index (κ1) is 23.4. The van der Waals surface area contributed by atoms with E-state index in [9.17, 15) is 14.4 Å². The molecule has 0 aliphatic carbocycles. The predicted octanol–water partition coefficient (Wildman–Crippen LogP) is 3.89. The van der Waals surface area contributed by atoms with E-state index in [1.54, 1.807) is 6.07 Å². The van der Waals surface area contributed by atoms with Gasteiger partial charge in [-0.05, 0) is 43.0 Å². The fourth-order valence-corrected chi connectivity index (χ4v) is 5.38. The van der Waals surface area contributed by atoms with Gasteiger partial charge < -0.3 is 15.1 Å². The van der Waals surface area contributed by atoms with Crippen LogP contribution in [0.15, 0.2) is 53.4 Å². The van der Waals surface area contributed by atoms with Crippen molar-refractivity contribution in [3.05, 3.63) is 59.7 Å². The Bertz CT molecular complexity index is 1000. The molecule has 0 aromatic heterocycles. The molecule has 174 valence electrons. The van der Waals surface area contributed by atoms with Crippen LogP contribution in [0.4, 0.5) is 5.69 Å². The number of para-hydroxylation sites is 1. The lowest BCUT2D eigenvalue weighted by atomic mass is 10.2. The zero-order valence-electron chi connectivity index (χ0n) is 18.9. The molecule has 0 bridgehead atoms. The highest BCUT2D eigenvalue weighted by molar-refractivity contribution is 8.00. The predicted molar refractivity (Wildman–Crippen MR) is 132 cm³/mol. The molecule has 2 aliphatic heterocycles. The lowest BCUT2D eigenvalue weighted by molar-refractivity contribution is -0.131. The fourth-order valence-electron chi connectivity index (χ4n) is 4.45. The number of thioether (sulfide) groups is 1. The van der Waals surface area contributed by atoms with Gasteiger partial charge in [0, 0.05) is 43.2 Å². The quantitative estimate of drug-likeness (QED) is 0.630. The summed E-state index contributed by atoms with van der Waals surface area (Å²) in [5.74, 6) is 0.215. The Hall–Kier alpha value is -2.80. The van der Waals surface area contributed by atoms with Gasteiger partial charge >= 0.3 is 0 Å². The van der Waals surface area contributed by atoms with E-state index in [4.69, 9.17) is 0 Å². The van der Waals surface area contributed by atoms with Crippen molar-refractivity contribution in [3.8, 4) is 0 Å². The highest BCUT2D eigenvalue weighted by atomic mass is 32.2. The summed E-state index contributed by atoms with van der Waals surface area (Å²) in [6, 6.07) is 15.3. The molecular formula is C26H31N3O3S. The van der Waals surface area contributed by atoms with Gasteiger partial charge in [0.1, 0.15) is 0 Å². The van der Waals surface area contributed by atoms with Crippen molar-refractivity contribution in [3.63, 3.8) is 0 Å². The molecule has 1 saturated heterocycles. The van der Waals surface area contributed by atoms with Crippen molar-refractivity contribution >= 4 is 35.2 Å². The smallest absolute Gasteiger partial charge is 0.252 e. The number of nitrogens with zero attached hydrogens (tertiary/aromatic N) is 2. The summed E-state index contributed by atoms with van der Waals surface area (Å²) in [5, 5.41) is 2.89. The number of anilines is 1. The zero-order chi connectivity index (χ0) is 23.0. The number of benzene rings is 2. The van der Waals surface area contributed by atoms with Crippen LogP contribution in [0.1, 0.15) is 48.0 Å². The lowest BCUT2D eigenvalue weighted by Gasteiger charge is -2.20. The first-order chi connectivity index (χ1) is 16.1. The maximum absolute atomic E-state index is 12.8. The Labute approximate surface area is 199 Å². The van der Waals surface area contributed by atoms with E-state index in [0.717, 1.165) is 42.9 Å². The third-order valence-corrected chi connectivity index (χ3v) is 7.31. The van der Waals surface area contributed by atoms with Gasteiger partial charge in [-0.3, -0.25) is 14.4 Å². The van der Waals surface area contributed by atoms with Gasteiger partial charge in [-0.1, -0.05) is 43.2 Å². The summed E-state index contributed by atoms with van der Waals surface area (Å²) in [6.07, 6.45) is 5.67. The fraction of sp³-hybridized carbons (Fsp3) is 0.423. The van der Waals surface area contributed by atoms with Gasteiger partial charge in [-0.15, -0.1) is 11.8 Å². The largest absolute Gasteiger partial charge is 0.351 e. The second-order valence-electron chi connectivity index (χ2n) is 8.51. The minimum absolute atomic E-state index is 0.0446. The monoisotopic (exact) mass is 465 g/mol. The molecule has 0 atom stereocenters. The summed E-state index contributed by atoms with van der Waals surface area (Å²) in [4.78, 5) is 42.6. The van der Waals surface area contributed by atoms with Gasteiger partial charge in [0.15, 0.2) is 0 Å². The zero-order valence-corrected chi connectivity index (χ0v) is 19.7. The van der Waals surface area contributed by atoms with Gasteiger partial charge in [0.2, 0.25) is 11.8 Å². The average molecular weight is 466 g/mol. The number of hydrogen-bond donors (Lipinski definition) is 1. The topological polar surface area (TPSA) is 69.7 Å². The van der Waals surface area contributed by atoms with E-state index in [1.807, 2.05) is 46.2 Å². The van der Waals surface area contributed by atoms with E-state index in [0.29, 0.717) is 25.1 Å².